The van der Waals surface area contributed by atoms with Gasteiger partial charge in [0.1, 0.15) is 5.15 Å². The molecule has 0 N–H and O–H groups in total. The molecule has 0 radical (unpaired) electrons. The molecule has 0 aliphatic carbocycles. The third-order valence-electron chi connectivity index (χ3n) is 3.99. The van der Waals surface area contributed by atoms with Crippen LogP contribution in [0.1, 0.15) is 29.6 Å². The molecule has 114 valence electrons. The van der Waals surface area contributed by atoms with Gasteiger partial charge in [0, 0.05) is 25.9 Å². The minimum Gasteiger partial charge on any atom is -0.379 e. The van der Waals surface area contributed by atoms with Crippen molar-refractivity contribution in [2.24, 2.45) is 0 Å². The molecule has 2 aliphatic heterocycles. The fourth-order valence-corrected chi connectivity index (χ4v) is 3.00. The minimum absolute atomic E-state index is 0.0456. The first-order chi connectivity index (χ1) is 10.2. The maximum Gasteiger partial charge on any atom is 0.256 e. The summed E-state index contributed by atoms with van der Waals surface area (Å²) >= 11 is 5.98. The molecule has 0 aromatic carbocycles. The van der Waals surface area contributed by atoms with Gasteiger partial charge in [0.15, 0.2) is 0 Å². The van der Waals surface area contributed by atoms with E-state index in [0.717, 1.165) is 25.9 Å². The first-order valence-corrected chi connectivity index (χ1v) is 7.75. The van der Waals surface area contributed by atoms with Gasteiger partial charge in [-0.05, 0) is 31.4 Å². The van der Waals surface area contributed by atoms with Gasteiger partial charge >= 0.3 is 0 Å². The van der Waals surface area contributed by atoms with Crippen molar-refractivity contribution >= 4 is 17.5 Å². The van der Waals surface area contributed by atoms with E-state index in [4.69, 9.17) is 21.1 Å². The number of hydrogen-bond donors (Lipinski definition) is 0. The van der Waals surface area contributed by atoms with Crippen molar-refractivity contribution in [1.29, 1.82) is 0 Å². The number of carbonyl (C=O) groups is 1. The number of halogens is 1. The van der Waals surface area contributed by atoms with E-state index >= 15 is 0 Å². The number of ether oxygens (including phenoxy) is 2. The van der Waals surface area contributed by atoms with Crippen LogP contribution in [0.5, 0.6) is 0 Å². The van der Waals surface area contributed by atoms with E-state index in [-0.39, 0.29) is 23.3 Å². The lowest BCUT2D eigenvalue weighted by molar-refractivity contribution is -0.0408. The maximum absolute atomic E-state index is 12.4. The average Bonchev–Trinajstić information content (AvgIpc) is 3.01. The van der Waals surface area contributed by atoms with Crippen molar-refractivity contribution in [2.75, 3.05) is 26.3 Å². The molecular weight excluding hydrogens is 292 g/mol. The van der Waals surface area contributed by atoms with Crippen molar-refractivity contribution in [3.05, 3.63) is 29.0 Å². The van der Waals surface area contributed by atoms with Crippen LogP contribution >= 0.6 is 11.6 Å². The van der Waals surface area contributed by atoms with Crippen LogP contribution in [0.2, 0.25) is 5.15 Å². The second-order valence-corrected chi connectivity index (χ2v) is 5.81. The molecule has 1 atom stereocenters. The maximum atomic E-state index is 12.4. The van der Waals surface area contributed by atoms with E-state index in [1.807, 2.05) is 4.90 Å². The number of nitrogens with zero attached hydrogens (tertiary/aromatic N) is 2. The summed E-state index contributed by atoms with van der Waals surface area (Å²) in [6.45, 7) is 2.89. The van der Waals surface area contributed by atoms with Gasteiger partial charge in [0.05, 0.1) is 24.4 Å². The Labute approximate surface area is 129 Å². The van der Waals surface area contributed by atoms with Crippen molar-refractivity contribution in [3.63, 3.8) is 0 Å². The van der Waals surface area contributed by atoms with E-state index in [0.29, 0.717) is 25.3 Å². The van der Waals surface area contributed by atoms with Gasteiger partial charge in [-0.2, -0.15) is 0 Å². The zero-order valence-electron chi connectivity index (χ0n) is 11.8. The highest BCUT2D eigenvalue weighted by atomic mass is 35.5. The number of rotatable bonds is 3. The highest BCUT2D eigenvalue weighted by Gasteiger charge is 2.28. The van der Waals surface area contributed by atoms with Gasteiger partial charge in [0.2, 0.25) is 0 Å². The van der Waals surface area contributed by atoms with Crippen LogP contribution in [0.4, 0.5) is 0 Å². The Balaban J connectivity index is 1.53. The van der Waals surface area contributed by atoms with E-state index < -0.39 is 0 Å². The first kappa shape index (κ1) is 14.8. The Morgan fingerprint density at radius 3 is 2.81 bits per heavy atom. The summed E-state index contributed by atoms with van der Waals surface area (Å²) in [6, 6.07) is 3.45. The summed E-state index contributed by atoms with van der Waals surface area (Å²) in [5.41, 5.74) is 0.475. The fraction of sp³-hybridized carbons (Fsp3) is 0.600. The monoisotopic (exact) mass is 310 g/mol. The standard InChI is InChI=1S/C15H19ClN2O3/c16-14-13(2-1-6-17-14)15(19)18-7-3-11(4-8-18)21-12-5-9-20-10-12/h1-2,6,11-12H,3-5,7-10H2. The molecule has 0 saturated carbocycles. The SMILES string of the molecule is O=C(c1cccnc1Cl)N1CCC(OC2CCOC2)CC1. The average molecular weight is 311 g/mol. The Morgan fingerprint density at radius 1 is 1.33 bits per heavy atom. The van der Waals surface area contributed by atoms with Crippen LogP contribution in [-0.4, -0.2) is 54.3 Å². The molecule has 1 amide bonds. The molecule has 1 unspecified atom stereocenters. The highest BCUT2D eigenvalue weighted by Crippen LogP contribution is 2.21. The molecule has 0 bridgehead atoms. The van der Waals surface area contributed by atoms with E-state index in [2.05, 4.69) is 4.98 Å². The van der Waals surface area contributed by atoms with E-state index in [9.17, 15) is 4.79 Å². The highest BCUT2D eigenvalue weighted by molar-refractivity contribution is 6.32. The fourth-order valence-electron chi connectivity index (χ4n) is 2.80. The zero-order valence-corrected chi connectivity index (χ0v) is 12.6. The third-order valence-corrected chi connectivity index (χ3v) is 4.29. The van der Waals surface area contributed by atoms with E-state index in [1.165, 1.54) is 0 Å². The number of carbonyl (C=O) groups excluding carboxylic acids is 1. The number of amides is 1. The number of likely N-dealkylation sites (tertiary alicyclic amines) is 1. The van der Waals surface area contributed by atoms with Crippen LogP contribution in [0, 0.1) is 0 Å². The van der Waals surface area contributed by atoms with Crippen molar-refractivity contribution in [2.45, 2.75) is 31.5 Å². The molecule has 1 aromatic rings. The van der Waals surface area contributed by atoms with Gasteiger partial charge in [0.25, 0.3) is 5.91 Å². The lowest BCUT2D eigenvalue weighted by Crippen LogP contribution is -2.42. The molecule has 0 spiro atoms. The molecule has 3 heterocycles. The van der Waals surface area contributed by atoms with Crippen LogP contribution in [0.25, 0.3) is 0 Å². The van der Waals surface area contributed by atoms with Gasteiger partial charge in [-0.1, -0.05) is 11.6 Å². The van der Waals surface area contributed by atoms with Gasteiger partial charge < -0.3 is 14.4 Å². The second-order valence-electron chi connectivity index (χ2n) is 5.46. The summed E-state index contributed by atoms with van der Waals surface area (Å²) in [6.07, 6.45) is 4.74. The van der Waals surface area contributed by atoms with E-state index in [1.54, 1.807) is 18.3 Å². The van der Waals surface area contributed by atoms with Crippen LogP contribution < -0.4 is 0 Å². The largest absolute Gasteiger partial charge is 0.379 e. The predicted octanol–water partition coefficient (Wildman–Crippen LogP) is 2.15. The molecule has 3 rings (SSSR count). The minimum atomic E-state index is -0.0456. The molecule has 6 heteroatoms. The lowest BCUT2D eigenvalue weighted by atomic mass is 10.1. The Kier molecular flexibility index (Phi) is 4.73. The quantitative estimate of drug-likeness (QED) is 0.803. The molecule has 1 aromatic heterocycles. The van der Waals surface area contributed by atoms with Gasteiger partial charge in [-0.25, -0.2) is 4.98 Å². The number of hydrogen-bond acceptors (Lipinski definition) is 4. The summed E-state index contributed by atoms with van der Waals surface area (Å²) in [4.78, 5) is 18.2. The Hall–Kier alpha value is -1.17. The summed E-state index contributed by atoms with van der Waals surface area (Å²) in [5.74, 6) is -0.0456. The molecule has 21 heavy (non-hydrogen) atoms. The third kappa shape index (κ3) is 3.54. The van der Waals surface area contributed by atoms with Gasteiger partial charge in [-0.3, -0.25) is 4.79 Å². The lowest BCUT2D eigenvalue weighted by Gasteiger charge is -2.33. The van der Waals surface area contributed by atoms with Gasteiger partial charge in [-0.15, -0.1) is 0 Å². The summed E-state index contributed by atoms with van der Waals surface area (Å²) in [7, 11) is 0. The Bertz CT molecular complexity index is 497. The molecule has 2 saturated heterocycles. The molecule has 2 aliphatic rings. The molecule has 5 nitrogen and oxygen atoms in total. The second kappa shape index (κ2) is 6.73. The molecule has 2 fully saturated rings. The predicted molar refractivity (Wildman–Crippen MR) is 78.5 cm³/mol. The smallest absolute Gasteiger partial charge is 0.256 e. The number of aromatic nitrogens is 1. The van der Waals surface area contributed by atoms with Crippen LogP contribution in [-0.2, 0) is 9.47 Å². The molecular formula is C15H19ClN2O3. The number of piperidine rings is 1. The van der Waals surface area contributed by atoms with Crippen molar-refractivity contribution in [1.82, 2.24) is 9.88 Å². The normalized spacial score (nSPS) is 23.5. The Morgan fingerprint density at radius 2 is 2.14 bits per heavy atom. The van der Waals surface area contributed by atoms with Crippen molar-refractivity contribution < 1.29 is 14.3 Å². The topological polar surface area (TPSA) is 51.7 Å². The summed E-state index contributed by atoms with van der Waals surface area (Å²) < 4.78 is 11.3. The number of pyridine rings is 1. The zero-order chi connectivity index (χ0) is 14.7. The summed E-state index contributed by atoms with van der Waals surface area (Å²) in [5, 5.41) is 0.268. The van der Waals surface area contributed by atoms with Crippen molar-refractivity contribution in [3.8, 4) is 0 Å². The van der Waals surface area contributed by atoms with Crippen LogP contribution in [0.3, 0.4) is 0 Å². The first-order valence-electron chi connectivity index (χ1n) is 7.37. The van der Waals surface area contributed by atoms with Crippen LogP contribution in [0.15, 0.2) is 18.3 Å².